The third-order valence-electron chi connectivity index (χ3n) is 4.13. The summed E-state index contributed by atoms with van der Waals surface area (Å²) in [6.45, 7) is 1.32. The van der Waals surface area contributed by atoms with Crippen LogP contribution >= 0.6 is 11.6 Å². The molecule has 0 aliphatic carbocycles. The first-order valence-electron chi connectivity index (χ1n) is 8.52. The number of hydrogen-bond donors (Lipinski definition) is 2. The Kier molecular flexibility index (Phi) is 7.63. The average Bonchev–Trinajstić information content (AvgIpc) is 2.66. The van der Waals surface area contributed by atoms with Gasteiger partial charge in [0.25, 0.3) is 5.91 Å². The van der Waals surface area contributed by atoms with E-state index in [1.807, 2.05) is 37.4 Å². The predicted octanol–water partition coefficient (Wildman–Crippen LogP) is 2.88. The number of benzene rings is 2. The van der Waals surface area contributed by atoms with Crippen molar-refractivity contribution in [3.63, 3.8) is 0 Å². The number of nitrogens with zero attached hydrogens (tertiary/aromatic N) is 1. The predicted molar refractivity (Wildman–Crippen MR) is 104 cm³/mol. The average molecular weight is 374 g/mol. The first kappa shape index (κ1) is 19.9. The highest BCUT2D eigenvalue weighted by atomic mass is 35.5. The summed E-state index contributed by atoms with van der Waals surface area (Å²) in [4.78, 5) is 26.8. The first-order valence-corrected chi connectivity index (χ1v) is 8.89. The molecule has 5 nitrogen and oxygen atoms in total. The number of rotatable bonds is 8. The summed E-state index contributed by atoms with van der Waals surface area (Å²) in [7, 11) is 3.60. The second-order valence-electron chi connectivity index (χ2n) is 6.04. The normalized spacial score (nSPS) is 11.7. The van der Waals surface area contributed by atoms with Crippen molar-refractivity contribution in [3.8, 4) is 0 Å². The molecule has 0 aliphatic heterocycles. The molecular formula is C20H24ClN3O2. The van der Waals surface area contributed by atoms with Crippen molar-refractivity contribution in [3.05, 3.63) is 70.7 Å². The maximum atomic E-state index is 12.6. The summed E-state index contributed by atoms with van der Waals surface area (Å²) in [6.07, 6.45) is 0.181. The van der Waals surface area contributed by atoms with Crippen molar-refractivity contribution in [1.82, 2.24) is 15.5 Å². The summed E-state index contributed by atoms with van der Waals surface area (Å²) in [5.41, 5.74) is 1.27. The summed E-state index contributed by atoms with van der Waals surface area (Å²) in [5, 5.41) is 6.35. The Morgan fingerprint density at radius 1 is 1.08 bits per heavy atom. The minimum Gasteiger partial charge on any atom is -0.345 e. The maximum Gasteiger partial charge on any atom is 0.253 e. The topological polar surface area (TPSA) is 61.4 Å². The second-order valence-corrected chi connectivity index (χ2v) is 6.45. The van der Waals surface area contributed by atoms with Gasteiger partial charge in [-0.05, 0) is 24.7 Å². The molecule has 1 atom stereocenters. The minimum absolute atomic E-state index is 0.0337. The van der Waals surface area contributed by atoms with Gasteiger partial charge in [0.05, 0.1) is 23.0 Å². The molecule has 0 aliphatic rings. The molecule has 6 heteroatoms. The molecule has 2 aromatic rings. The van der Waals surface area contributed by atoms with Crippen LogP contribution in [0.25, 0.3) is 0 Å². The van der Waals surface area contributed by atoms with Crippen LogP contribution in [-0.4, -0.2) is 43.9 Å². The SMILES string of the molecule is CNCCN(C)C(=O)CC(NC(=O)c1ccccc1Cl)c1ccccc1. The quantitative estimate of drug-likeness (QED) is 0.748. The fraction of sp³-hybridized carbons (Fsp3) is 0.300. The van der Waals surface area contributed by atoms with E-state index in [1.54, 1.807) is 36.2 Å². The zero-order valence-corrected chi connectivity index (χ0v) is 15.8. The minimum atomic E-state index is -0.426. The smallest absolute Gasteiger partial charge is 0.253 e. The molecule has 0 spiro atoms. The van der Waals surface area contributed by atoms with Crippen LogP contribution in [0.15, 0.2) is 54.6 Å². The van der Waals surface area contributed by atoms with Gasteiger partial charge in [-0.1, -0.05) is 54.1 Å². The van der Waals surface area contributed by atoms with E-state index in [2.05, 4.69) is 10.6 Å². The van der Waals surface area contributed by atoms with Gasteiger partial charge in [-0.2, -0.15) is 0 Å². The van der Waals surface area contributed by atoms with Gasteiger partial charge in [-0.15, -0.1) is 0 Å². The fourth-order valence-corrected chi connectivity index (χ4v) is 2.78. The summed E-state index contributed by atoms with van der Waals surface area (Å²) in [6, 6.07) is 15.9. The third-order valence-corrected chi connectivity index (χ3v) is 4.46. The fourth-order valence-electron chi connectivity index (χ4n) is 2.55. The maximum absolute atomic E-state index is 12.6. The van der Waals surface area contributed by atoms with Crippen molar-refractivity contribution in [2.75, 3.05) is 27.2 Å². The van der Waals surface area contributed by atoms with Gasteiger partial charge in [-0.3, -0.25) is 9.59 Å². The molecule has 0 heterocycles. The number of amides is 2. The molecule has 2 rings (SSSR count). The Bertz CT molecular complexity index is 737. The number of carbonyl (C=O) groups is 2. The van der Waals surface area contributed by atoms with Gasteiger partial charge >= 0.3 is 0 Å². The molecule has 0 bridgehead atoms. The van der Waals surface area contributed by atoms with Gasteiger partial charge in [-0.25, -0.2) is 0 Å². The summed E-state index contributed by atoms with van der Waals surface area (Å²) >= 11 is 6.12. The van der Waals surface area contributed by atoms with Gasteiger partial charge in [0, 0.05) is 20.1 Å². The number of halogens is 1. The third kappa shape index (κ3) is 5.58. The van der Waals surface area contributed by atoms with Gasteiger partial charge in [0.1, 0.15) is 0 Å². The van der Waals surface area contributed by atoms with Crippen LogP contribution in [0.1, 0.15) is 28.4 Å². The van der Waals surface area contributed by atoms with Crippen molar-refractivity contribution in [1.29, 1.82) is 0 Å². The van der Waals surface area contributed by atoms with E-state index in [0.29, 0.717) is 23.7 Å². The summed E-state index contributed by atoms with van der Waals surface area (Å²) < 4.78 is 0. The lowest BCUT2D eigenvalue weighted by atomic mass is 10.0. The Morgan fingerprint density at radius 3 is 2.38 bits per heavy atom. The Hall–Kier alpha value is -2.37. The van der Waals surface area contributed by atoms with Crippen molar-refractivity contribution in [2.45, 2.75) is 12.5 Å². The van der Waals surface area contributed by atoms with Crippen molar-refractivity contribution < 1.29 is 9.59 Å². The summed E-state index contributed by atoms with van der Waals surface area (Å²) in [5.74, 6) is -0.330. The number of likely N-dealkylation sites (N-methyl/N-ethyl adjacent to an activating group) is 2. The standard InChI is InChI=1S/C20H24ClN3O2/c1-22-12-13-24(2)19(25)14-18(15-8-4-3-5-9-15)23-20(26)16-10-6-7-11-17(16)21/h3-11,18,22H,12-14H2,1-2H3,(H,23,26). The van der Waals surface area contributed by atoms with Crippen molar-refractivity contribution in [2.24, 2.45) is 0 Å². The molecule has 26 heavy (non-hydrogen) atoms. The van der Waals surface area contributed by atoms with Gasteiger partial charge in [0.2, 0.25) is 5.91 Å². The molecule has 138 valence electrons. The molecule has 0 aromatic heterocycles. The van der Waals surface area contributed by atoms with E-state index < -0.39 is 6.04 Å². The largest absolute Gasteiger partial charge is 0.345 e. The van der Waals surface area contributed by atoms with Crippen LogP contribution in [0.3, 0.4) is 0 Å². The van der Waals surface area contributed by atoms with Crippen LogP contribution < -0.4 is 10.6 Å². The van der Waals surface area contributed by atoms with Crippen molar-refractivity contribution >= 4 is 23.4 Å². The van der Waals surface area contributed by atoms with E-state index in [1.165, 1.54) is 0 Å². The van der Waals surface area contributed by atoms with E-state index >= 15 is 0 Å². The highest BCUT2D eigenvalue weighted by Crippen LogP contribution is 2.21. The lowest BCUT2D eigenvalue weighted by Gasteiger charge is -2.23. The van der Waals surface area contributed by atoms with E-state index in [0.717, 1.165) is 5.56 Å². The highest BCUT2D eigenvalue weighted by Gasteiger charge is 2.21. The highest BCUT2D eigenvalue weighted by molar-refractivity contribution is 6.33. The molecule has 2 aromatic carbocycles. The van der Waals surface area contributed by atoms with Gasteiger partial charge < -0.3 is 15.5 Å². The van der Waals surface area contributed by atoms with Gasteiger partial charge in [0.15, 0.2) is 0 Å². The van der Waals surface area contributed by atoms with Crippen LogP contribution in [0.4, 0.5) is 0 Å². The molecule has 0 fully saturated rings. The Balaban J connectivity index is 2.16. The van der Waals surface area contributed by atoms with Crippen LogP contribution in [0, 0.1) is 0 Å². The second kappa shape index (κ2) is 9.94. The Labute approximate surface area is 159 Å². The monoisotopic (exact) mass is 373 g/mol. The molecule has 0 radical (unpaired) electrons. The molecule has 1 unspecified atom stereocenters. The van der Waals surface area contributed by atoms with E-state index in [9.17, 15) is 9.59 Å². The number of nitrogens with one attached hydrogen (secondary N) is 2. The molecule has 0 saturated heterocycles. The molecular weight excluding hydrogens is 350 g/mol. The number of hydrogen-bond acceptors (Lipinski definition) is 3. The Morgan fingerprint density at radius 2 is 1.73 bits per heavy atom. The zero-order chi connectivity index (χ0) is 18.9. The zero-order valence-electron chi connectivity index (χ0n) is 15.0. The van der Waals surface area contributed by atoms with E-state index in [-0.39, 0.29) is 18.2 Å². The first-order chi connectivity index (χ1) is 12.5. The van der Waals surface area contributed by atoms with E-state index in [4.69, 9.17) is 11.6 Å². The molecule has 2 amide bonds. The van der Waals surface area contributed by atoms with Crippen LogP contribution in [0.2, 0.25) is 5.02 Å². The lowest BCUT2D eigenvalue weighted by molar-refractivity contribution is -0.130. The van der Waals surface area contributed by atoms with Crippen LogP contribution in [-0.2, 0) is 4.79 Å². The molecule has 0 saturated carbocycles. The molecule has 2 N–H and O–H groups in total. The number of carbonyl (C=O) groups excluding carboxylic acids is 2. The lowest BCUT2D eigenvalue weighted by Crippen LogP contribution is -2.37. The van der Waals surface area contributed by atoms with Crippen LogP contribution in [0.5, 0.6) is 0 Å².